The minimum absolute atomic E-state index is 0.150. The zero-order valence-corrected chi connectivity index (χ0v) is 19.9. The summed E-state index contributed by atoms with van der Waals surface area (Å²) in [5.41, 5.74) is -1.76. The number of hydrazine groups is 1. The number of hydrogen-bond donors (Lipinski definition) is 0. The zero-order valence-electron chi connectivity index (χ0n) is 19.9. The number of imide groups is 1. The van der Waals surface area contributed by atoms with Crippen molar-refractivity contribution in [3.8, 4) is 0 Å². The topological polar surface area (TPSA) is 114 Å². The van der Waals surface area contributed by atoms with Crippen LogP contribution in [-0.4, -0.2) is 62.4 Å². The first-order valence-corrected chi connectivity index (χ1v) is 10.6. The van der Waals surface area contributed by atoms with Gasteiger partial charge in [0.2, 0.25) is 0 Å². The van der Waals surface area contributed by atoms with E-state index in [9.17, 15) is 24.0 Å². The van der Waals surface area contributed by atoms with Gasteiger partial charge in [0.25, 0.3) is 17.7 Å². The summed E-state index contributed by atoms with van der Waals surface area (Å²) in [5.74, 6) is -3.10. The maximum absolute atomic E-state index is 13.6. The molecule has 0 saturated carbocycles. The van der Waals surface area contributed by atoms with Crippen LogP contribution < -0.4 is 0 Å². The van der Waals surface area contributed by atoms with Gasteiger partial charge < -0.3 is 9.47 Å². The second-order valence-corrected chi connectivity index (χ2v) is 9.66. The molecule has 0 spiro atoms. The highest BCUT2D eigenvalue weighted by Gasteiger charge is 2.43. The largest absolute Gasteiger partial charge is 0.459 e. The fraction of sp³-hybridized carbons (Fsp3) is 0.375. The second-order valence-electron chi connectivity index (χ2n) is 9.66. The third-order valence-corrected chi connectivity index (χ3v) is 4.51. The maximum atomic E-state index is 13.6. The van der Waals surface area contributed by atoms with Gasteiger partial charge in [0, 0.05) is 6.20 Å². The van der Waals surface area contributed by atoms with E-state index in [2.05, 4.69) is 0 Å². The van der Waals surface area contributed by atoms with Crippen LogP contribution in [0.15, 0.2) is 48.3 Å². The summed E-state index contributed by atoms with van der Waals surface area (Å²) < 4.78 is 10.7. The zero-order chi connectivity index (χ0) is 25.4. The molecule has 0 saturated heterocycles. The van der Waals surface area contributed by atoms with Crippen LogP contribution in [0.5, 0.6) is 0 Å². The Morgan fingerprint density at radius 2 is 1.35 bits per heavy atom. The molecular formula is C24H27N3O7. The van der Waals surface area contributed by atoms with Crippen molar-refractivity contribution in [2.75, 3.05) is 6.54 Å². The Morgan fingerprint density at radius 3 is 1.85 bits per heavy atom. The van der Waals surface area contributed by atoms with Crippen molar-refractivity contribution in [1.29, 1.82) is 0 Å². The Bertz CT molecular complexity index is 1090. The maximum Gasteiger partial charge on any atom is 0.433 e. The van der Waals surface area contributed by atoms with Crippen LogP contribution in [-0.2, 0) is 19.1 Å². The number of hydrogen-bond acceptors (Lipinski definition) is 7. The van der Waals surface area contributed by atoms with Gasteiger partial charge in [-0.05, 0) is 65.8 Å². The van der Waals surface area contributed by atoms with Gasteiger partial charge in [-0.3, -0.25) is 19.2 Å². The van der Waals surface area contributed by atoms with Crippen molar-refractivity contribution < 1.29 is 33.4 Å². The quantitative estimate of drug-likeness (QED) is 0.494. The van der Waals surface area contributed by atoms with Crippen LogP contribution in [0.3, 0.4) is 0 Å². The van der Waals surface area contributed by atoms with Crippen LogP contribution in [0.4, 0.5) is 4.79 Å². The summed E-state index contributed by atoms with van der Waals surface area (Å²) >= 11 is 0. The van der Waals surface area contributed by atoms with Crippen LogP contribution in [0.2, 0.25) is 0 Å². The van der Waals surface area contributed by atoms with Gasteiger partial charge in [-0.2, -0.15) is 5.01 Å². The lowest BCUT2D eigenvalue weighted by Gasteiger charge is -2.34. The highest BCUT2D eigenvalue weighted by atomic mass is 16.6. The summed E-state index contributed by atoms with van der Waals surface area (Å²) in [6.07, 6.45) is 2.82. The minimum Gasteiger partial charge on any atom is -0.459 e. The molecule has 0 atom stereocenters. The van der Waals surface area contributed by atoms with Gasteiger partial charge in [0.05, 0.1) is 11.1 Å². The van der Waals surface area contributed by atoms with Crippen molar-refractivity contribution in [3.63, 3.8) is 0 Å². The predicted molar refractivity (Wildman–Crippen MR) is 120 cm³/mol. The molecule has 2 aliphatic heterocycles. The van der Waals surface area contributed by atoms with E-state index in [-0.39, 0.29) is 16.8 Å². The van der Waals surface area contributed by atoms with Crippen molar-refractivity contribution in [2.24, 2.45) is 0 Å². The van der Waals surface area contributed by atoms with E-state index in [0.717, 1.165) is 14.9 Å². The van der Waals surface area contributed by atoms with Crippen LogP contribution in [0.25, 0.3) is 0 Å². The molecule has 180 valence electrons. The van der Waals surface area contributed by atoms with Crippen molar-refractivity contribution >= 4 is 29.8 Å². The van der Waals surface area contributed by atoms with Gasteiger partial charge in [-0.1, -0.05) is 12.1 Å². The van der Waals surface area contributed by atoms with Gasteiger partial charge in [0.15, 0.2) is 0 Å². The first kappa shape index (κ1) is 24.7. The Hall–Kier alpha value is -3.95. The normalized spacial score (nSPS) is 16.4. The average molecular weight is 469 g/mol. The predicted octanol–water partition coefficient (Wildman–Crippen LogP) is 3.02. The first-order chi connectivity index (χ1) is 15.7. The number of ether oxygens (including phenoxy) is 2. The third kappa shape index (κ3) is 5.16. The minimum atomic E-state index is -0.934. The molecule has 0 aromatic heterocycles. The fourth-order valence-electron chi connectivity index (χ4n) is 3.29. The molecule has 10 nitrogen and oxygen atoms in total. The molecule has 34 heavy (non-hydrogen) atoms. The highest BCUT2D eigenvalue weighted by molar-refractivity contribution is 6.25. The second kappa shape index (κ2) is 8.77. The molecule has 10 heteroatoms. The molecule has 3 rings (SSSR count). The van der Waals surface area contributed by atoms with Crippen molar-refractivity contribution in [2.45, 2.75) is 52.7 Å². The lowest BCUT2D eigenvalue weighted by atomic mass is 10.1. The highest BCUT2D eigenvalue weighted by Crippen LogP contribution is 2.28. The van der Waals surface area contributed by atoms with Gasteiger partial charge in [-0.15, -0.1) is 0 Å². The lowest BCUT2D eigenvalue weighted by Crippen LogP contribution is -2.53. The first-order valence-electron chi connectivity index (χ1n) is 10.6. The van der Waals surface area contributed by atoms with Gasteiger partial charge in [-0.25, -0.2) is 14.7 Å². The van der Waals surface area contributed by atoms with Crippen LogP contribution in [0, 0.1) is 0 Å². The van der Waals surface area contributed by atoms with E-state index in [4.69, 9.17) is 9.47 Å². The molecule has 2 aliphatic rings. The molecule has 0 unspecified atom stereocenters. The Kier molecular flexibility index (Phi) is 6.37. The van der Waals surface area contributed by atoms with E-state index in [1.807, 2.05) is 0 Å². The number of carbonyl (C=O) groups is 5. The standard InChI is InChI=1S/C24H27N3O7/c1-23(2,3)33-18(28)14-26-21(31)17(12-9-13-25(26)22(32)34-24(4,5)6)27-19(29)15-10-7-8-11-16(15)20(27)30/h7-13H,14H2,1-6H3. The number of esters is 1. The van der Waals surface area contributed by atoms with E-state index >= 15 is 0 Å². The monoisotopic (exact) mass is 469 g/mol. The molecule has 1 aromatic rings. The molecule has 2 heterocycles. The molecule has 1 aromatic carbocycles. The summed E-state index contributed by atoms with van der Waals surface area (Å²) in [6, 6.07) is 6.18. The fourth-order valence-corrected chi connectivity index (χ4v) is 3.29. The number of allylic oxidation sites excluding steroid dienone is 2. The molecule has 0 aliphatic carbocycles. The van der Waals surface area contributed by atoms with Gasteiger partial charge >= 0.3 is 12.1 Å². The summed E-state index contributed by atoms with van der Waals surface area (Å²) in [7, 11) is 0. The average Bonchev–Trinajstić information content (AvgIpc) is 2.84. The summed E-state index contributed by atoms with van der Waals surface area (Å²) in [4.78, 5) is 65.7. The molecule has 4 amide bonds. The molecule has 0 bridgehead atoms. The number of carbonyl (C=O) groups excluding carboxylic acids is 5. The lowest BCUT2D eigenvalue weighted by molar-refractivity contribution is -0.164. The molecule has 0 fully saturated rings. The van der Waals surface area contributed by atoms with E-state index in [1.165, 1.54) is 30.5 Å². The van der Waals surface area contributed by atoms with Gasteiger partial charge in [0.1, 0.15) is 23.4 Å². The van der Waals surface area contributed by atoms with E-state index < -0.39 is 47.5 Å². The number of amides is 4. The van der Waals surface area contributed by atoms with Crippen LogP contribution in [0.1, 0.15) is 62.3 Å². The van der Waals surface area contributed by atoms with Crippen molar-refractivity contribution in [3.05, 3.63) is 59.4 Å². The SMILES string of the molecule is CC(C)(C)OC(=O)CN1C(=O)C(N2C(=O)c3ccccc3C2=O)=CC=CN1C(=O)OC(C)(C)C. The number of rotatable bonds is 3. The number of fused-ring (bicyclic) bond motifs is 1. The van der Waals surface area contributed by atoms with E-state index in [0.29, 0.717) is 0 Å². The van der Waals surface area contributed by atoms with Crippen LogP contribution >= 0.6 is 0 Å². The van der Waals surface area contributed by atoms with E-state index in [1.54, 1.807) is 53.7 Å². The number of benzene rings is 1. The van der Waals surface area contributed by atoms with Crippen molar-refractivity contribution in [1.82, 2.24) is 14.9 Å². The number of nitrogens with zero attached hydrogens (tertiary/aromatic N) is 3. The molecule has 0 radical (unpaired) electrons. The Balaban J connectivity index is 1.98. The third-order valence-electron chi connectivity index (χ3n) is 4.51. The smallest absolute Gasteiger partial charge is 0.433 e. The molecule has 0 N–H and O–H groups in total. The summed E-state index contributed by atoms with van der Waals surface area (Å²) in [6.45, 7) is 9.25. The Labute approximate surface area is 197 Å². The summed E-state index contributed by atoms with van der Waals surface area (Å²) in [5, 5.41) is 1.60. The Morgan fingerprint density at radius 1 is 0.824 bits per heavy atom. The molecular weight excluding hydrogens is 442 g/mol.